The molecule has 1 unspecified atom stereocenters. The molecule has 0 aromatic heterocycles. The molecule has 3 nitrogen and oxygen atoms in total. The Morgan fingerprint density at radius 2 is 2.07 bits per heavy atom. The third-order valence-corrected chi connectivity index (χ3v) is 2.41. The molecular weight excluding hydrogens is 188 g/mol. The second-order valence-corrected chi connectivity index (χ2v) is 3.94. The molecule has 2 atom stereocenters. The van der Waals surface area contributed by atoms with E-state index < -0.39 is 5.60 Å². The molecule has 0 aliphatic rings. The van der Waals surface area contributed by atoms with E-state index in [4.69, 9.17) is 11.0 Å². The molecule has 1 aromatic carbocycles. The largest absolute Gasteiger partial charge is 0.376 e. The van der Waals surface area contributed by atoms with E-state index in [1.807, 2.05) is 36.4 Å². The second kappa shape index (κ2) is 4.92. The molecule has 0 fully saturated rings. The van der Waals surface area contributed by atoms with Gasteiger partial charge in [0.15, 0.2) is 0 Å². The number of benzene rings is 1. The first-order valence-electron chi connectivity index (χ1n) is 4.99. The summed E-state index contributed by atoms with van der Waals surface area (Å²) in [5.41, 5.74) is 5.70. The summed E-state index contributed by atoms with van der Waals surface area (Å²) in [5, 5.41) is 18.1. The molecule has 80 valence electrons. The lowest BCUT2D eigenvalue weighted by Gasteiger charge is -2.17. The molecule has 0 saturated carbocycles. The summed E-state index contributed by atoms with van der Waals surface area (Å²) in [4.78, 5) is 0. The molecule has 1 rings (SSSR count). The van der Waals surface area contributed by atoms with Crippen molar-refractivity contribution in [2.45, 2.75) is 31.4 Å². The maximum absolute atomic E-state index is 9.50. The maximum atomic E-state index is 9.50. The van der Waals surface area contributed by atoms with Crippen LogP contribution in [0.2, 0.25) is 0 Å². The van der Waals surface area contributed by atoms with Crippen molar-refractivity contribution in [3.8, 4) is 6.07 Å². The average molecular weight is 204 g/mol. The monoisotopic (exact) mass is 204 g/mol. The Labute approximate surface area is 90.1 Å². The summed E-state index contributed by atoms with van der Waals surface area (Å²) >= 11 is 0. The molecule has 3 N–H and O–H groups in total. The van der Waals surface area contributed by atoms with Crippen LogP contribution < -0.4 is 5.73 Å². The summed E-state index contributed by atoms with van der Waals surface area (Å²) in [5.74, 6) is 0. The van der Waals surface area contributed by atoms with Gasteiger partial charge in [0.05, 0.1) is 6.07 Å². The fourth-order valence-corrected chi connectivity index (χ4v) is 1.36. The Hall–Kier alpha value is -1.37. The van der Waals surface area contributed by atoms with Crippen LogP contribution in [0.15, 0.2) is 30.3 Å². The topological polar surface area (TPSA) is 70.0 Å². The zero-order valence-electron chi connectivity index (χ0n) is 8.85. The van der Waals surface area contributed by atoms with Crippen molar-refractivity contribution in [3.05, 3.63) is 35.9 Å². The van der Waals surface area contributed by atoms with Crippen molar-refractivity contribution in [1.82, 2.24) is 0 Å². The highest BCUT2D eigenvalue weighted by atomic mass is 16.3. The Morgan fingerprint density at radius 1 is 1.47 bits per heavy atom. The Morgan fingerprint density at radius 3 is 2.60 bits per heavy atom. The van der Waals surface area contributed by atoms with E-state index in [9.17, 15) is 5.11 Å². The van der Waals surface area contributed by atoms with Gasteiger partial charge in [0, 0.05) is 6.04 Å². The van der Waals surface area contributed by atoms with Gasteiger partial charge in [-0.3, -0.25) is 0 Å². The smallest absolute Gasteiger partial charge is 0.148 e. The third kappa shape index (κ3) is 3.70. The number of nitrogens with two attached hydrogens (primary N) is 1. The van der Waals surface area contributed by atoms with Gasteiger partial charge in [-0.2, -0.15) is 5.26 Å². The first-order valence-corrected chi connectivity index (χ1v) is 4.99. The molecule has 3 heteroatoms. The highest BCUT2D eigenvalue weighted by Crippen LogP contribution is 2.20. The van der Waals surface area contributed by atoms with Crippen LogP contribution in [0.3, 0.4) is 0 Å². The summed E-state index contributed by atoms with van der Waals surface area (Å²) in [6.07, 6.45) is 0.990. The highest BCUT2D eigenvalue weighted by Gasteiger charge is 2.20. The predicted molar refractivity (Wildman–Crippen MR) is 58.8 cm³/mol. The number of hydrogen-bond donors (Lipinski definition) is 2. The fourth-order valence-electron chi connectivity index (χ4n) is 1.36. The van der Waals surface area contributed by atoms with Crippen LogP contribution in [0.5, 0.6) is 0 Å². The average Bonchev–Trinajstić information content (AvgIpc) is 2.27. The van der Waals surface area contributed by atoms with Gasteiger partial charge >= 0.3 is 0 Å². The number of nitriles is 1. The lowest BCUT2D eigenvalue weighted by Crippen LogP contribution is -2.23. The van der Waals surface area contributed by atoms with Crippen LogP contribution in [-0.4, -0.2) is 10.7 Å². The van der Waals surface area contributed by atoms with Gasteiger partial charge in [-0.15, -0.1) is 0 Å². The minimum Gasteiger partial charge on any atom is -0.376 e. The van der Waals surface area contributed by atoms with Crippen molar-refractivity contribution >= 4 is 0 Å². The van der Waals surface area contributed by atoms with Crippen molar-refractivity contribution in [2.24, 2.45) is 5.73 Å². The van der Waals surface area contributed by atoms with E-state index in [1.54, 1.807) is 0 Å². The summed E-state index contributed by atoms with van der Waals surface area (Å²) in [7, 11) is 0. The number of aliphatic hydroxyl groups is 1. The zero-order chi connectivity index (χ0) is 11.3. The van der Waals surface area contributed by atoms with Crippen LogP contribution in [0, 0.1) is 11.3 Å². The van der Waals surface area contributed by atoms with Crippen LogP contribution in [0.25, 0.3) is 0 Å². The highest BCUT2D eigenvalue weighted by molar-refractivity contribution is 5.18. The third-order valence-electron chi connectivity index (χ3n) is 2.41. The van der Waals surface area contributed by atoms with Gasteiger partial charge < -0.3 is 10.8 Å². The quantitative estimate of drug-likeness (QED) is 0.734. The predicted octanol–water partition coefficient (Wildman–Crippen LogP) is 1.74. The van der Waals surface area contributed by atoms with Crippen LogP contribution in [-0.2, 0) is 0 Å². The number of rotatable bonds is 4. The molecule has 0 bridgehead atoms. The van der Waals surface area contributed by atoms with Crippen LogP contribution >= 0.6 is 0 Å². The first-order chi connectivity index (χ1) is 7.05. The number of hydrogen-bond acceptors (Lipinski definition) is 3. The standard InChI is InChI=1S/C12H16N2O/c1-12(15,9-13)8-7-11(14)10-5-3-2-4-6-10/h2-6,11,15H,7-8,14H2,1H3/t11-,12?/m1/s1. The van der Waals surface area contributed by atoms with Gasteiger partial charge in [0.1, 0.15) is 5.60 Å². The van der Waals surface area contributed by atoms with Crippen molar-refractivity contribution in [2.75, 3.05) is 0 Å². The zero-order valence-corrected chi connectivity index (χ0v) is 8.85. The number of nitrogens with zero attached hydrogens (tertiary/aromatic N) is 1. The molecule has 0 aliphatic carbocycles. The molecule has 15 heavy (non-hydrogen) atoms. The summed E-state index contributed by atoms with van der Waals surface area (Å²) < 4.78 is 0. The summed E-state index contributed by atoms with van der Waals surface area (Å²) in [6, 6.07) is 11.4. The van der Waals surface area contributed by atoms with E-state index in [1.165, 1.54) is 6.92 Å². The van der Waals surface area contributed by atoms with E-state index in [-0.39, 0.29) is 6.04 Å². The normalized spacial score (nSPS) is 16.4. The lowest BCUT2D eigenvalue weighted by molar-refractivity contribution is 0.105. The first kappa shape index (κ1) is 11.7. The summed E-state index contributed by atoms with van der Waals surface area (Å²) in [6.45, 7) is 1.50. The van der Waals surface area contributed by atoms with Crippen molar-refractivity contribution < 1.29 is 5.11 Å². The van der Waals surface area contributed by atoms with Gasteiger partial charge in [-0.1, -0.05) is 30.3 Å². The Balaban J connectivity index is 2.52. The SMILES string of the molecule is CC(O)(C#N)CC[C@@H](N)c1ccccc1. The molecule has 0 heterocycles. The molecular formula is C12H16N2O. The van der Waals surface area contributed by atoms with Crippen LogP contribution in [0.4, 0.5) is 0 Å². The van der Waals surface area contributed by atoms with Gasteiger partial charge in [0.2, 0.25) is 0 Å². The molecule has 0 radical (unpaired) electrons. The van der Waals surface area contributed by atoms with Crippen molar-refractivity contribution in [3.63, 3.8) is 0 Å². The van der Waals surface area contributed by atoms with E-state index in [0.29, 0.717) is 12.8 Å². The van der Waals surface area contributed by atoms with E-state index in [0.717, 1.165) is 5.56 Å². The van der Waals surface area contributed by atoms with Gasteiger partial charge in [-0.25, -0.2) is 0 Å². The second-order valence-electron chi connectivity index (χ2n) is 3.94. The Bertz CT molecular complexity index is 340. The molecule has 0 aliphatic heterocycles. The molecule has 1 aromatic rings. The van der Waals surface area contributed by atoms with E-state index >= 15 is 0 Å². The maximum Gasteiger partial charge on any atom is 0.148 e. The molecule has 0 amide bonds. The molecule has 0 spiro atoms. The van der Waals surface area contributed by atoms with E-state index in [2.05, 4.69) is 0 Å². The Kier molecular flexibility index (Phi) is 3.84. The lowest BCUT2D eigenvalue weighted by atomic mass is 9.95. The minimum absolute atomic E-state index is 0.119. The van der Waals surface area contributed by atoms with Crippen molar-refractivity contribution in [1.29, 1.82) is 5.26 Å². The minimum atomic E-state index is -1.27. The fraction of sp³-hybridized carbons (Fsp3) is 0.417. The van der Waals surface area contributed by atoms with Gasteiger partial charge in [0.25, 0.3) is 0 Å². The van der Waals surface area contributed by atoms with Crippen LogP contribution in [0.1, 0.15) is 31.4 Å². The molecule has 0 saturated heterocycles. The van der Waals surface area contributed by atoms with Gasteiger partial charge in [-0.05, 0) is 25.3 Å².